The third kappa shape index (κ3) is 3.07. The lowest BCUT2D eigenvalue weighted by atomic mass is 10.0. The van der Waals surface area contributed by atoms with Crippen molar-refractivity contribution in [1.82, 2.24) is 19.9 Å². The van der Waals surface area contributed by atoms with Gasteiger partial charge < -0.3 is 10.6 Å². The third-order valence-electron chi connectivity index (χ3n) is 3.36. The number of aromatic nitrogens is 3. The molecule has 1 aliphatic heterocycles. The molecule has 2 aromatic rings. The van der Waals surface area contributed by atoms with Gasteiger partial charge in [0.25, 0.3) is 0 Å². The van der Waals surface area contributed by atoms with E-state index < -0.39 is 12.2 Å². The number of nitrogens with two attached hydrogens (primary N) is 1. The monoisotopic (exact) mass is 356 g/mol. The van der Waals surface area contributed by atoms with Gasteiger partial charge in [-0.1, -0.05) is 41.9 Å². The molecule has 1 aromatic heterocycles. The number of hydrogen-bond acceptors (Lipinski definition) is 5. The van der Waals surface area contributed by atoms with E-state index in [4.69, 9.17) is 17.3 Å². The molecule has 0 unspecified atom stereocenters. The van der Waals surface area contributed by atoms with E-state index in [0.29, 0.717) is 0 Å². The average molecular weight is 357 g/mol. The van der Waals surface area contributed by atoms with E-state index in [1.807, 2.05) is 0 Å². The Kier molecular flexibility index (Phi) is 4.18. The summed E-state index contributed by atoms with van der Waals surface area (Å²) in [5, 5.41) is 7.46. The summed E-state index contributed by atoms with van der Waals surface area (Å²) >= 11 is 6.20. The van der Waals surface area contributed by atoms with Crippen molar-refractivity contribution in [2.45, 2.75) is 12.2 Å². The molecule has 0 saturated carbocycles. The van der Waals surface area contributed by atoms with Crippen molar-refractivity contribution in [3.05, 3.63) is 53.4 Å². The SMILES string of the molecule is NC1=NC(n2nccn2)=C(Cl)N([C@@H](c2ccccc2)C(F)(F)F)C1. The van der Waals surface area contributed by atoms with Gasteiger partial charge in [0.15, 0.2) is 11.2 Å². The van der Waals surface area contributed by atoms with Gasteiger partial charge in [-0.2, -0.15) is 23.4 Å². The van der Waals surface area contributed by atoms with Gasteiger partial charge in [-0.3, -0.25) is 0 Å². The van der Waals surface area contributed by atoms with Crippen molar-refractivity contribution in [1.29, 1.82) is 0 Å². The van der Waals surface area contributed by atoms with Crippen LogP contribution >= 0.6 is 11.6 Å². The van der Waals surface area contributed by atoms with Crippen LogP contribution in [0, 0.1) is 0 Å². The summed E-state index contributed by atoms with van der Waals surface area (Å²) in [7, 11) is 0. The normalized spacial score (nSPS) is 17.0. The second-order valence-corrected chi connectivity index (χ2v) is 5.38. The third-order valence-corrected chi connectivity index (χ3v) is 3.75. The van der Waals surface area contributed by atoms with Crippen molar-refractivity contribution < 1.29 is 13.2 Å². The molecule has 0 bridgehead atoms. The zero-order chi connectivity index (χ0) is 17.3. The minimum atomic E-state index is -4.57. The summed E-state index contributed by atoms with van der Waals surface area (Å²) in [6.07, 6.45) is -1.84. The molecule has 2 N–H and O–H groups in total. The van der Waals surface area contributed by atoms with Gasteiger partial charge in [-0.15, -0.1) is 4.80 Å². The second-order valence-electron chi connectivity index (χ2n) is 5.02. The first-order valence-corrected chi connectivity index (χ1v) is 7.23. The molecule has 0 amide bonds. The van der Waals surface area contributed by atoms with Crippen LogP contribution in [0.25, 0.3) is 5.82 Å². The first-order chi connectivity index (χ1) is 11.4. The van der Waals surface area contributed by atoms with Crippen molar-refractivity contribution in [3.63, 3.8) is 0 Å². The number of alkyl halides is 3. The molecule has 0 aliphatic carbocycles. The molecule has 1 atom stereocenters. The Morgan fingerprint density at radius 2 is 1.75 bits per heavy atom. The predicted octanol–water partition coefficient (Wildman–Crippen LogP) is 2.58. The molecule has 0 fully saturated rings. The Morgan fingerprint density at radius 1 is 1.12 bits per heavy atom. The number of rotatable bonds is 3. The van der Waals surface area contributed by atoms with Gasteiger partial charge in [0.05, 0.1) is 18.9 Å². The van der Waals surface area contributed by atoms with E-state index in [9.17, 15) is 13.2 Å². The van der Waals surface area contributed by atoms with Crippen LogP contribution in [0.15, 0.2) is 52.9 Å². The lowest BCUT2D eigenvalue weighted by Crippen LogP contribution is -2.44. The molecule has 0 spiro atoms. The van der Waals surface area contributed by atoms with Crippen molar-refractivity contribution in [2.24, 2.45) is 10.7 Å². The summed E-state index contributed by atoms with van der Waals surface area (Å²) in [5.74, 6) is -0.0764. The highest BCUT2D eigenvalue weighted by atomic mass is 35.5. The maximum Gasteiger partial charge on any atom is 0.413 e. The Hall–Kier alpha value is -2.55. The highest BCUT2D eigenvalue weighted by Gasteiger charge is 2.47. The van der Waals surface area contributed by atoms with Gasteiger partial charge in [-0.05, 0) is 5.56 Å². The number of hydrogen-bond donors (Lipinski definition) is 1. The quantitative estimate of drug-likeness (QED) is 0.858. The molecule has 1 aliphatic rings. The Bertz CT molecular complexity index is 770. The van der Waals surface area contributed by atoms with E-state index in [0.717, 1.165) is 9.70 Å². The van der Waals surface area contributed by atoms with Crippen LogP contribution in [0.3, 0.4) is 0 Å². The molecule has 2 heterocycles. The number of amidine groups is 1. The maximum atomic E-state index is 13.7. The fourth-order valence-electron chi connectivity index (χ4n) is 2.43. The Labute approximate surface area is 140 Å². The molecule has 0 saturated heterocycles. The Balaban J connectivity index is 2.10. The van der Waals surface area contributed by atoms with Crippen LogP contribution < -0.4 is 5.73 Å². The summed E-state index contributed by atoms with van der Waals surface area (Å²) in [6.45, 7) is -0.261. The van der Waals surface area contributed by atoms with Gasteiger partial charge >= 0.3 is 6.18 Å². The molecule has 0 radical (unpaired) electrons. The number of halogens is 4. The minimum Gasteiger partial charge on any atom is -0.386 e. The Morgan fingerprint density at radius 3 is 2.33 bits per heavy atom. The summed E-state index contributed by atoms with van der Waals surface area (Å²) in [5.41, 5.74) is 5.77. The summed E-state index contributed by atoms with van der Waals surface area (Å²) in [6, 6.07) is 5.50. The molecule has 6 nitrogen and oxygen atoms in total. The van der Waals surface area contributed by atoms with Crippen LogP contribution in [-0.4, -0.2) is 38.5 Å². The molecule has 1 aromatic carbocycles. The van der Waals surface area contributed by atoms with Crippen LogP contribution in [0.2, 0.25) is 0 Å². The van der Waals surface area contributed by atoms with E-state index >= 15 is 0 Å². The fraction of sp³-hybridized carbons (Fsp3) is 0.214. The van der Waals surface area contributed by atoms with E-state index in [-0.39, 0.29) is 28.9 Å². The van der Waals surface area contributed by atoms with Gasteiger partial charge in [0.1, 0.15) is 5.84 Å². The van der Waals surface area contributed by atoms with E-state index in [1.165, 1.54) is 36.7 Å². The number of nitrogens with zero attached hydrogens (tertiary/aromatic N) is 5. The molecule has 126 valence electrons. The van der Waals surface area contributed by atoms with E-state index in [2.05, 4.69) is 15.2 Å². The van der Waals surface area contributed by atoms with Crippen LogP contribution in [0.4, 0.5) is 13.2 Å². The topological polar surface area (TPSA) is 72.3 Å². The summed E-state index contributed by atoms with van der Waals surface area (Å²) in [4.78, 5) is 5.96. The molecular weight excluding hydrogens is 345 g/mol. The zero-order valence-corrected chi connectivity index (χ0v) is 12.9. The van der Waals surface area contributed by atoms with Gasteiger partial charge in [-0.25, -0.2) is 4.99 Å². The number of benzene rings is 1. The minimum absolute atomic E-state index is 0.0168. The highest BCUT2D eigenvalue weighted by molar-refractivity contribution is 6.32. The predicted molar refractivity (Wildman–Crippen MR) is 82.7 cm³/mol. The highest BCUT2D eigenvalue weighted by Crippen LogP contribution is 2.42. The van der Waals surface area contributed by atoms with Gasteiger partial charge in [0, 0.05) is 0 Å². The lowest BCUT2D eigenvalue weighted by Gasteiger charge is -2.36. The van der Waals surface area contributed by atoms with Crippen LogP contribution in [0.1, 0.15) is 11.6 Å². The molecule has 24 heavy (non-hydrogen) atoms. The second kappa shape index (κ2) is 6.16. The fourth-order valence-corrected chi connectivity index (χ4v) is 2.70. The zero-order valence-electron chi connectivity index (χ0n) is 12.2. The van der Waals surface area contributed by atoms with Crippen molar-refractivity contribution >= 4 is 23.3 Å². The van der Waals surface area contributed by atoms with Crippen LogP contribution in [0.5, 0.6) is 0 Å². The van der Waals surface area contributed by atoms with Gasteiger partial charge in [0.2, 0.25) is 5.82 Å². The van der Waals surface area contributed by atoms with E-state index in [1.54, 1.807) is 6.07 Å². The summed E-state index contributed by atoms with van der Waals surface area (Å²) < 4.78 is 41.2. The van der Waals surface area contributed by atoms with Crippen molar-refractivity contribution in [3.8, 4) is 0 Å². The maximum absolute atomic E-state index is 13.7. The lowest BCUT2D eigenvalue weighted by molar-refractivity contribution is -0.178. The smallest absolute Gasteiger partial charge is 0.386 e. The molecule has 3 rings (SSSR count). The van der Waals surface area contributed by atoms with Crippen LogP contribution in [-0.2, 0) is 0 Å². The molecular formula is C14H12ClF3N6. The largest absolute Gasteiger partial charge is 0.413 e. The van der Waals surface area contributed by atoms with Crippen molar-refractivity contribution in [2.75, 3.05) is 6.54 Å². The first-order valence-electron chi connectivity index (χ1n) is 6.85. The average Bonchev–Trinajstić information content (AvgIpc) is 3.04. The molecule has 10 heteroatoms. The standard InChI is InChI=1S/C14H12ClF3N6/c15-12-13(24-20-6-7-21-24)22-10(19)8-23(12)11(14(16,17)18)9-4-2-1-3-5-9/h1-7,11H,8H2,(H2,19,22)/t11-/m0/s1. The number of aliphatic imine (C=N–C) groups is 1. The first kappa shape index (κ1) is 16.3.